The van der Waals surface area contributed by atoms with E-state index in [0.29, 0.717) is 0 Å². The fourth-order valence-corrected chi connectivity index (χ4v) is 4.90. The van der Waals surface area contributed by atoms with Crippen molar-refractivity contribution < 1.29 is 33.3 Å². The first-order valence-electron chi connectivity index (χ1n) is 12.8. The van der Waals surface area contributed by atoms with E-state index in [0.717, 1.165) is 16.7 Å². The van der Waals surface area contributed by atoms with Gasteiger partial charge < -0.3 is 29.6 Å². The van der Waals surface area contributed by atoms with Gasteiger partial charge >= 0.3 is 12.1 Å². The van der Waals surface area contributed by atoms with Crippen LogP contribution in [0, 0.1) is 5.92 Å². The van der Waals surface area contributed by atoms with Crippen molar-refractivity contribution in [2.45, 2.75) is 44.2 Å². The maximum Gasteiger partial charge on any atom is 0.407 e. The van der Waals surface area contributed by atoms with Crippen molar-refractivity contribution in [2.24, 2.45) is 5.92 Å². The lowest BCUT2D eigenvalue weighted by Crippen LogP contribution is -2.54. The third-order valence-electron chi connectivity index (χ3n) is 6.77. The molecule has 1 heterocycles. The molecule has 3 aromatic carbocycles. The summed E-state index contributed by atoms with van der Waals surface area (Å²) in [6.45, 7) is 0.323. The molecule has 0 aromatic heterocycles. The second kappa shape index (κ2) is 12.6. The third-order valence-corrected chi connectivity index (χ3v) is 6.77. The zero-order valence-electron chi connectivity index (χ0n) is 21.2. The number of hydrogen-bond acceptors (Lipinski definition) is 7. The number of hydrogen-bond donors (Lipinski definition) is 2. The molecule has 1 aliphatic carbocycles. The summed E-state index contributed by atoms with van der Waals surface area (Å²) >= 11 is 0. The number of nitrogens with one attached hydrogen (secondary N) is 2. The van der Waals surface area contributed by atoms with Gasteiger partial charge in [0.1, 0.15) is 31.3 Å². The van der Waals surface area contributed by atoms with Gasteiger partial charge in [-0.2, -0.15) is 0 Å². The van der Waals surface area contributed by atoms with E-state index in [1.54, 1.807) is 0 Å². The van der Waals surface area contributed by atoms with Gasteiger partial charge in [0, 0.05) is 0 Å². The van der Waals surface area contributed by atoms with E-state index in [4.69, 9.17) is 18.9 Å². The van der Waals surface area contributed by atoms with Crippen molar-refractivity contribution >= 4 is 18.0 Å². The number of ether oxygens (including phenoxy) is 4. The molecule has 9 nitrogen and oxygen atoms in total. The van der Waals surface area contributed by atoms with Gasteiger partial charge in [0.25, 0.3) is 0 Å². The first-order valence-corrected chi connectivity index (χ1v) is 12.8. The highest BCUT2D eigenvalue weighted by Crippen LogP contribution is 2.41. The monoisotopic (exact) mass is 530 g/mol. The number of alkyl carbamates (subject to hydrolysis) is 1. The molecule has 9 heteroatoms. The molecule has 5 rings (SSSR count). The van der Waals surface area contributed by atoms with Crippen molar-refractivity contribution in [3.63, 3.8) is 0 Å². The molecule has 1 saturated carbocycles. The van der Waals surface area contributed by atoms with Gasteiger partial charge in [-0.05, 0) is 16.7 Å². The highest BCUT2D eigenvalue weighted by Gasteiger charge is 2.63. The van der Waals surface area contributed by atoms with Gasteiger partial charge in [-0.25, -0.2) is 4.79 Å². The van der Waals surface area contributed by atoms with Crippen LogP contribution in [0.2, 0.25) is 0 Å². The second-order valence-electron chi connectivity index (χ2n) is 9.46. The molecular formula is C30H30N2O7. The Kier molecular flexibility index (Phi) is 8.50. The summed E-state index contributed by atoms with van der Waals surface area (Å²) in [4.78, 5) is 37.7. The van der Waals surface area contributed by atoms with Crippen molar-refractivity contribution in [2.75, 3.05) is 6.54 Å². The van der Waals surface area contributed by atoms with Crippen molar-refractivity contribution in [1.82, 2.24) is 10.6 Å². The van der Waals surface area contributed by atoms with Crippen LogP contribution in [0.15, 0.2) is 91.0 Å². The number of amides is 2. The van der Waals surface area contributed by atoms with E-state index >= 15 is 0 Å². The van der Waals surface area contributed by atoms with Crippen LogP contribution in [0.25, 0.3) is 0 Å². The highest BCUT2D eigenvalue weighted by atomic mass is 16.6. The van der Waals surface area contributed by atoms with Gasteiger partial charge in [0.05, 0.1) is 19.3 Å². The molecule has 39 heavy (non-hydrogen) atoms. The Morgan fingerprint density at radius 1 is 0.718 bits per heavy atom. The van der Waals surface area contributed by atoms with Crippen LogP contribution in [0.1, 0.15) is 16.7 Å². The van der Waals surface area contributed by atoms with Gasteiger partial charge in [-0.3, -0.25) is 9.59 Å². The third kappa shape index (κ3) is 6.63. The summed E-state index contributed by atoms with van der Waals surface area (Å²) in [6.07, 6.45) is -2.61. The van der Waals surface area contributed by atoms with E-state index < -0.39 is 48.2 Å². The number of rotatable bonds is 11. The summed E-state index contributed by atoms with van der Waals surface area (Å²) in [5.74, 6) is -1.67. The molecule has 0 spiro atoms. The molecule has 202 valence electrons. The Hall–Kier alpha value is -4.21. The van der Waals surface area contributed by atoms with Crippen molar-refractivity contribution in [3.05, 3.63) is 108 Å². The van der Waals surface area contributed by atoms with Crippen LogP contribution in [0.5, 0.6) is 0 Å². The lowest BCUT2D eigenvalue weighted by Gasteiger charge is -2.30. The van der Waals surface area contributed by atoms with E-state index in [1.807, 2.05) is 91.0 Å². The largest absolute Gasteiger partial charge is 0.456 e. The van der Waals surface area contributed by atoms with Gasteiger partial charge in [0.2, 0.25) is 5.91 Å². The molecule has 0 radical (unpaired) electrons. The minimum atomic E-state index is -0.742. The molecular weight excluding hydrogens is 500 g/mol. The number of benzene rings is 3. The molecule has 1 aliphatic heterocycles. The number of fused-ring (bicyclic) bond motifs is 2. The molecule has 3 aromatic rings. The van der Waals surface area contributed by atoms with Gasteiger partial charge in [0.15, 0.2) is 6.10 Å². The van der Waals surface area contributed by atoms with Crippen LogP contribution in [-0.4, -0.2) is 48.9 Å². The van der Waals surface area contributed by atoms with Crippen LogP contribution < -0.4 is 10.6 Å². The Morgan fingerprint density at radius 3 is 1.79 bits per heavy atom. The van der Waals surface area contributed by atoms with E-state index in [-0.39, 0.29) is 26.4 Å². The first kappa shape index (κ1) is 26.4. The lowest BCUT2D eigenvalue weighted by atomic mass is 10.0. The molecule has 2 fully saturated rings. The summed E-state index contributed by atoms with van der Waals surface area (Å²) in [6, 6.07) is 27.7. The summed E-state index contributed by atoms with van der Waals surface area (Å²) in [5.41, 5.74) is 2.73. The molecule has 5 atom stereocenters. The SMILES string of the molecule is O=C(CNC(=O)OCc1ccccc1)N[C@@H]1[C@@H](OCc2ccccc2)[C@H]2OC(=O)[C@@H]1[C@H]2OCc1ccccc1. The van der Waals surface area contributed by atoms with Gasteiger partial charge in [-0.1, -0.05) is 91.0 Å². The maximum atomic E-state index is 12.8. The number of carbonyl (C=O) groups excluding carboxylic acids is 3. The fourth-order valence-electron chi connectivity index (χ4n) is 4.90. The predicted octanol–water partition coefficient (Wildman–Crippen LogP) is 3.12. The molecule has 2 aliphatic rings. The second-order valence-corrected chi connectivity index (χ2v) is 9.46. The summed E-state index contributed by atoms with van der Waals surface area (Å²) in [7, 11) is 0. The summed E-state index contributed by atoms with van der Waals surface area (Å²) in [5, 5.41) is 5.32. The van der Waals surface area contributed by atoms with Crippen molar-refractivity contribution in [3.8, 4) is 0 Å². The van der Waals surface area contributed by atoms with Crippen LogP contribution in [0.3, 0.4) is 0 Å². The fraction of sp³-hybridized carbons (Fsp3) is 0.300. The smallest absolute Gasteiger partial charge is 0.407 e. The quantitative estimate of drug-likeness (QED) is 0.367. The average Bonchev–Trinajstić information content (AvgIpc) is 3.44. The summed E-state index contributed by atoms with van der Waals surface area (Å²) < 4.78 is 23.1. The maximum absolute atomic E-state index is 12.8. The molecule has 0 unspecified atom stereocenters. The Labute approximate surface area is 226 Å². The van der Waals surface area contributed by atoms with Crippen LogP contribution in [-0.2, 0) is 48.4 Å². The van der Waals surface area contributed by atoms with Crippen LogP contribution >= 0.6 is 0 Å². The van der Waals surface area contributed by atoms with Crippen molar-refractivity contribution in [1.29, 1.82) is 0 Å². The molecule has 2 N–H and O–H groups in total. The topological polar surface area (TPSA) is 112 Å². The standard InChI is InChI=1S/C30H30N2O7/c33-23(16-31-30(35)38-19-22-14-8-3-9-15-22)32-25-24-26(36-17-20-10-4-1-5-11-20)28(39-29(24)34)27(25)37-18-21-12-6-2-7-13-21/h1-15,24-28H,16-19H2,(H,31,35)(H,32,33)/t24-,25-,26+,27+,28-/m0/s1. The Morgan fingerprint density at radius 2 is 1.23 bits per heavy atom. The number of carbonyl (C=O) groups is 3. The van der Waals surface area contributed by atoms with E-state index in [9.17, 15) is 14.4 Å². The first-order chi connectivity index (χ1) is 19.1. The van der Waals surface area contributed by atoms with Crippen LogP contribution in [0.4, 0.5) is 4.79 Å². The molecule has 2 amide bonds. The predicted molar refractivity (Wildman–Crippen MR) is 140 cm³/mol. The highest BCUT2D eigenvalue weighted by molar-refractivity contribution is 5.84. The minimum Gasteiger partial charge on any atom is -0.456 e. The lowest BCUT2D eigenvalue weighted by molar-refractivity contribution is -0.162. The Bertz CT molecular complexity index is 1260. The average molecular weight is 531 g/mol. The zero-order valence-corrected chi connectivity index (χ0v) is 21.2. The molecule has 1 saturated heterocycles. The van der Waals surface area contributed by atoms with E-state index in [2.05, 4.69) is 10.6 Å². The molecule has 2 bridgehead atoms. The van der Waals surface area contributed by atoms with E-state index in [1.165, 1.54) is 0 Å². The normalized spacial score (nSPS) is 23.2. The zero-order chi connectivity index (χ0) is 27.0. The van der Waals surface area contributed by atoms with Gasteiger partial charge in [-0.15, -0.1) is 0 Å². The number of esters is 1. The minimum absolute atomic E-state index is 0.0857. The Balaban J connectivity index is 1.21.